The van der Waals surface area contributed by atoms with Crippen molar-refractivity contribution < 1.29 is 18.7 Å². The molecular formula is C31H33F2N7O3S. The topological polar surface area (TPSA) is 116 Å². The molecule has 0 radical (unpaired) electrons. The van der Waals surface area contributed by atoms with Crippen molar-refractivity contribution in [3.8, 4) is 22.7 Å². The predicted octanol–water partition coefficient (Wildman–Crippen LogP) is 4.94. The Morgan fingerprint density at radius 3 is 2.55 bits per heavy atom. The van der Waals surface area contributed by atoms with Crippen LogP contribution in [0.4, 0.5) is 20.4 Å². The van der Waals surface area contributed by atoms with E-state index in [1.54, 1.807) is 18.0 Å². The van der Waals surface area contributed by atoms with E-state index in [0.29, 0.717) is 41.7 Å². The highest BCUT2D eigenvalue weighted by Gasteiger charge is 2.31. The van der Waals surface area contributed by atoms with Crippen molar-refractivity contribution in [2.24, 2.45) is 0 Å². The van der Waals surface area contributed by atoms with Crippen LogP contribution in [0.25, 0.3) is 28.0 Å². The number of phenolic OH excluding ortho intramolecular Hbond substituents is 1. The third-order valence-electron chi connectivity index (χ3n) is 7.65. The van der Waals surface area contributed by atoms with E-state index in [9.17, 15) is 14.7 Å². The number of nitrogens with one attached hydrogen (secondary N) is 1. The molecule has 1 fully saturated rings. The van der Waals surface area contributed by atoms with Gasteiger partial charge in [0.2, 0.25) is 5.91 Å². The van der Waals surface area contributed by atoms with Crippen molar-refractivity contribution in [3.05, 3.63) is 70.8 Å². The normalized spacial score (nSPS) is 15.2. The third kappa shape index (κ3) is 5.36. The number of carbonyl (C=O) groups excluding carboxylic acids is 1. The Morgan fingerprint density at radius 2 is 1.93 bits per heavy atom. The number of aromatic nitrogens is 4. The minimum Gasteiger partial charge on any atom is -0.507 e. The molecule has 2 N–H and O–H groups in total. The fourth-order valence-corrected chi connectivity index (χ4v) is 6.11. The molecule has 230 valence electrons. The number of piperazine rings is 1. The molecule has 0 bridgehead atoms. The second-order valence-corrected chi connectivity index (χ2v) is 11.6. The van der Waals surface area contributed by atoms with Gasteiger partial charge in [-0.25, -0.2) is 28.1 Å². The maximum Gasteiger partial charge on any atom is 0.355 e. The Labute approximate surface area is 257 Å². The number of phenols is 1. The van der Waals surface area contributed by atoms with Crippen molar-refractivity contribution in [1.82, 2.24) is 24.4 Å². The molecule has 0 aliphatic carbocycles. The van der Waals surface area contributed by atoms with Gasteiger partial charge in [-0.1, -0.05) is 26.5 Å². The minimum atomic E-state index is -0.905. The SMILES string of the molecule is C=CC(=O)N1CCN(c2nc(=O)n(-c3c(SC)cc(NC)nc3C(C)C)c3nc(-c4c(O)cccc4F)c(F)cc23)[C@@H](C)C1. The number of rotatable bonds is 7. The second-order valence-electron chi connectivity index (χ2n) is 10.8. The van der Waals surface area contributed by atoms with Crippen molar-refractivity contribution in [1.29, 1.82) is 0 Å². The Morgan fingerprint density at radius 1 is 1.18 bits per heavy atom. The molecule has 10 nitrogen and oxygen atoms in total. The highest BCUT2D eigenvalue weighted by molar-refractivity contribution is 7.98. The van der Waals surface area contributed by atoms with Crippen LogP contribution >= 0.6 is 11.8 Å². The summed E-state index contributed by atoms with van der Waals surface area (Å²) in [6.07, 6.45) is 3.11. The van der Waals surface area contributed by atoms with Crippen molar-refractivity contribution in [3.63, 3.8) is 0 Å². The largest absolute Gasteiger partial charge is 0.507 e. The number of fused-ring (bicyclic) bond motifs is 1. The molecule has 0 saturated carbocycles. The van der Waals surface area contributed by atoms with E-state index in [1.807, 2.05) is 31.9 Å². The summed E-state index contributed by atoms with van der Waals surface area (Å²) >= 11 is 1.39. The molecule has 1 aromatic carbocycles. The number of anilines is 2. The monoisotopic (exact) mass is 621 g/mol. The van der Waals surface area contributed by atoms with Crippen LogP contribution in [0.15, 0.2) is 52.7 Å². The van der Waals surface area contributed by atoms with Gasteiger partial charge in [-0.2, -0.15) is 4.98 Å². The first-order valence-corrected chi connectivity index (χ1v) is 15.3. The van der Waals surface area contributed by atoms with Gasteiger partial charge in [-0.15, -0.1) is 11.8 Å². The van der Waals surface area contributed by atoms with Gasteiger partial charge < -0.3 is 20.2 Å². The lowest BCUT2D eigenvalue weighted by atomic mass is 10.1. The number of pyridine rings is 2. The summed E-state index contributed by atoms with van der Waals surface area (Å²) in [4.78, 5) is 44.3. The number of hydrogen-bond donors (Lipinski definition) is 2. The highest BCUT2D eigenvalue weighted by atomic mass is 32.2. The zero-order valence-corrected chi connectivity index (χ0v) is 25.9. The van der Waals surface area contributed by atoms with Crippen molar-refractivity contribution in [2.75, 3.05) is 43.2 Å². The molecule has 4 heterocycles. The molecular weight excluding hydrogens is 588 g/mol. The molecule has 0 unspecified atom stereocenters. The van der Waals surface area contributed by atoms with E-state index in [0.717, 1.165) is 6.07 Å². The van der Waals surface area contributed by atoms with Gasteiger partial charge in [0.05, 0.1) is 22.3 Å². The number of aromatic hydroxyl groups is 1. The summed E-state index contributed by atoms with van der Waals surface area (Å²) in [5.74, 6) is -1.84. The summed E-state index contributed by atoms with van der Waals surface area (Å²) in [7, 11) is 1.75. The van der Waals surface area contributed by atoms with E-state index in [4.69, 9.17) is 4.98 Å². The lowest BCUT2D eigenvalue weighted by Crippen LogP contribution is -2.54. The molecule has 44 heavy (non-hydrogen) atoms. The summed E-state index contributed by atoms with van der Waals surface area (Å²) in [5, 5.41) is 13.8. The van der Waals surface area contributed by atoms with Crippen molar-refractivity contribution >= 4 is 40.3 Å². The first-order chi connectivity index (χ1) is 21.0. The average Bonchev–Trinajstić information content (AvgIpc) is 3.00. The molecule has 1 amide bonds. The molecule has 1 saturated heterocycles. The molecule has 4 aromatic rings. The quantitative estimate of drug-likeness (QED) is 0.219. The average molecular weight is 622 g/mol. The van der Waals surface area contributed by atoms with Crippen LogP contribution in [-0.4, -0.2) is 74.4 Å². The van der Waals surface area contributed by atoms with Crippen molar-refractivity contribution in [2.45, 2.75) is 37.6 Å². The number of benzene rings is 1. The number of thioether (sulfide) groups is 1. The Balaban J connectivity index is 1.87. The fraction of sp³-hybridized carbons (Fsp3) is 0.323. The third-order valence-corrected chi connectivity index (χ3v) is 8.40. The van der Waals surface area contributed by atoms with E-state index >= 15 is 8.78 Å². The molecule has 1 atom stereocenters. The second kappa shape index (κ2) is 12.2. The predicted molar refractivity (Wildman–Crippen MR) is 169 cm³/mol. The number of amides is 1. The van der Waals surface area contributed by atoms with Crippen LogP contribution in [0.5, 0.6) is 5.75 Å². The van der Waals surface area contributed by atoms with Gasteiger partial charge in [-0.3, -0.25) is 4.79 Å². The van der Waals surface area contributed by atoms with Crippen LogP contribution < -0.4 is 15.9 Å². The standard InChI is InChI=1S/C31H33F2N7O3S/c1-7-24(42)38-11-12-39(17(4)15-38)29-18-13-20(33)27(25-19(32)9-8-10-21(25)41)36-30(18)40(31(43)37-29)28-22(44-6)14-23(34-5)35-26(28)16(2)3/h7-10,13-14,16-17,41H,1,11-12,15H2,2-6H3,(H,34,35)/t17-/m0/s1. The van der Waals surface area contributed by atoms with E-state index in [2.05, 4.69) is 21.9 Å². The lowest BCUT2D eigenvalue weighted by molar-refractivity contribution is -0.126. The van der Waals surface area contributed by atoms with Crippen LogP contribution in [-0.2, 0) is 4.79 Å². The lowest BCUT2D eigenvalue weighted by Gasteiger charge is -2.40. The van der Waals surface area contributed by atoms with Crippen LogP contribution in [0.1, 0.15) is 32.4 Å². The van der Waals surface area contributed by atoms with Gasteiger partial charge in [0, 0.05) is 37.6 Å². The molecule has 1 aliphatic heterocycles. The van der Waals surface area contributed by atoms with Gasteiger partial charge in [0.15, 0.2) is 11.5 Å². The number of halogens is 2. The van der Waals surface area contributed by atoms with Gasteiger partial charge >= 0.3 is 5.69 Å². The minimum absolute atomic E-state index is 0.0204. The zero-order chi connectivity index (χ0) is 31.9. The molecule has 3 aromatic heterocycles. The highest BCUT2D eigenvalue weighted by Crippen LogP contribution is 2.38. The summed E-state index contributed by atoms with van der Waals surface area (Å²) in [6, 6.07) is 6.31. The van der Waals surface area contributed by atoms with Crippen LogP contribution in [0.3, 0.4) is 0 Å². The van der Waals surface area contributed by atoms with E-state index in [1.165, 1.54) is 40.6 Å². The molecule has 13 heteroatoms. The van der Waals surface area contributed by atoms with E-state index < -0.39 is 34.3 Å². The summed E-state index contributed by atoms with van der Waals surface area (Å²) in [5.41, 5.74) is -0.546. The summed E-state index contributed by atoms with van der Waals surface area (Å²) < 4.78 is 32.3. The van der Waals surface area contributed by atoms with Crippen LogP contribution in [0, 0.1) is 11.6 Å². The van der Waals surface area contributed by atoms with Gasteiger partial charge in [-0.05, 0) is 49.4 Å². The van der Waals surface area contributed by atoms with Gasteiger partial charge in [0.25, 0.3) is 0 Å². The number of hydrogen-bond acceptors (Lipinski definition) is 9. The first-order valence-electron chi connectivity index (χ1n) is 14.1. The van der Waals surface area contributed by atoms with E-state index in [-0.39, 0.29) is 34.7 Å². The molecule has 1 aliphatic rings. The van der Waals surface area contributed by atoms with Crippen LogP contribution in [0.2, 0.25) is 0 Å². The number of carbonyl (C=O) groups is 1. The first kappa shape index (κ1) is 30.9. The number of nitrogens with zero attached hydrogens (tertiary/aromatic N) is 6. The Bertz CT molecular complexity index is 1830. The fourth-order valence-electron chi connectivity index (χ4n) is 5.49. The Kier molecular flexibility index (Phi) is 8.60. The van der Waals surface area contributed by atoms with Gasteiger partial charge in [0.1, 0.15) is 28.9 Å². The maximum atomic E-state index is 15.9. The summed E-state index contributed by atoms with van der Waals surface area (Å²) in [6.45, 7) is 10.3. The molecule has 5 rings (SSSR count). The maximum absolute atomic E-state index is 15.9. The smallest absolute Gasteiger partial charge is 0.355 e. The zero-order valence-electron chi connectivity index (χ0n) is 25.1. The molecule has 0 spiro atoms. The Hall–Kier alpha value is -4.52.